The molecular formula is C31H48FN7O3. The molecule has 4 aliphatic heterocycles. The quantitative estimate of drug-likeness (QED) is 0.412. The third kappa shape index (κ3) is 5.79. The van der Waals surface area contributed by atoms with E-state index in [1.807, 2.05) is 30.0 Å². The summed E-state index contributed by atoms with van der Waals surface area (Å²) in [6, 6.07) is 5.77. The number of hydrogen-bond acceptors (Lipinski definition) is 9. The summed E-state index contributed by atoms with van der Waals surface area (Å²) < 4.78 is 27.9. The van der Waals surface area contributed by atoms with Crippen molar-refractivity contribution in [3.05, 3.63) is 36.7 Å². The van der Waals surface area contributed by atoms with Crippen molar-refractivity contribution in [2.75, 3.05) is 71.9 Å². The number of amides is 1. The second kappa shape index (κ2) is 12.4. The van der Waals surface area contributed by atoms with Crippen LogP contribution in [0.3, 0.4) is 0 Å². The van der Waals surface area contributed by atoms with Gasteiger partial charge in [-0.1, -0.05) is 12.6 Å². The molecule has 1 spiro atoms. The first kappa shape index (κ1) is 29.8. The highest BCUT2D eigenvalue weighted by Gasteiger charge is 2.52. The molecule has 3 saturated heterocycles. The number of fused-ring (bicyclic) bond motifs is 2. The fraction of sp³-hybridized carbons (Fsp3) is 0.710. The topological polar surface area (TPSA) is 84.6 Å². The van der Waals surface area contributed by atoms with E-state index in [9.17, 15) is 9.18 Å². The van der Waals surface area contributed by atoms with Crippen LogP contribution in [0.15, 0.2) is 30.9 Å². The van der Waals surface area contributed by atoms with Gasteiger partial charge in [-0.25, -0.2) is 4.39 Å². The normalized spacial score (nSPS) is 35.5. The van der Waals surface area contributed by atoms with E-state index in [1.165, 1.54) is 18.6 Å². The summed E-state index contributed by atoms with van der Waals surface area (Å²) in [6.45, 7) is 9.11. The molecule has 1 amide bonds. The maximum atomic E-state index is 14.7. The highest BCUT2D eigenvalue weighted by atomic mass is 19.1. The van der Waals surface area contributed by atoms with Crippen LogP contribution in [0.5, 0.6) is 5.75 Å². The van der Waals surface area contributed by atoms with Gasteiger partial charge < -0.3 is 29.5 Å². The molecule has 1 aromatic rings. The number of hydrogen-bond donors (Lipinski definition) is 3. The van der Waals surface area contributed by atoms with Crippen molar-refractivity contribution >= 4 is 11.6 Å². The summed E-state index contributed by atoms with van der Waals surface area (Å²) in [5.41, 5.74) is 0.150. The molecule has 6 unspecified atom stereocenters. The maximum Gasteiger partial charge on any atom is 0.246 e. The van der Waals surface area contributed by atoms with Gasteiger partial charge in [0.15, 0.2) is 6.35 Å². The number of likely N-dealkylation sites (tertiary alicyclic amines) is 1. The van der Waals surface area contributed by atoms with E-state index in [4.69, 9.17) is 9.47 Å². The van der Waals surface area contributed by atoms with Gasteiger partial charge in [-0.05, 0) is 64.5 Å². The number of likely N-dealkylation sites (N-methyl/N-ethyl adjacent to an activating group) is 3. The molecule has 3 N–H and O–H groups in total. The molecular weight excluding hydrogens is 537 g/mol. The van der Waals surface area contributed by atoms with Gasteiger partial charge in [0.1, 0.15) is 22.9 Å². The monoisotopic (exact) mass is 585 g/mol. The van der Waals surface area contributed by atoms with E-state index in [1.54, 1.807) is 6.07 Å². The maximum absolute atomic E-state index is 14.7. The Labute approximate surface area is 249 Å². The van der Waals surface area contributed by atoms with Gasteiger partial charge in [0, 0.05) is 57.6 Å². The Kier molecular flexibility index (Phi) is 8.77. The van der Waals surface area contributed by atoms with Crippen LogP contribution in [0.25, 0.3) is 0 Å². The van der Waals surface area contributed by atoms with Crippen LogP contribution < -0.4 is 25.6 Å². The number of nitrogens with one attached hydrogen (secondary N) is 3. The molecule has 4 heterocycles. The molecule has 1 aliphatic carbocycles. The van der Waals surface area contributed by atoms with Gasteiger partial charge in [0.05, 0.1) is 25.4 Å². The van der Waals surface area contributed by atoms with Crippen LogP contribution in [-0.2, 0) is 9.53 Å². The first-order chi connectivity index (χ1) is 20.3. The molecule has 0 aromatic heterocycles. The molecule has 4 fully saturated rings. The second-order valence-corrected chi connectivity index (χ2v) is 13.0. The average Bonchev–Trinajstić information content (AvgIpc) is 3.39. The van der Waals surface area contributed by atoms with E-state index >= 15 is 0 Å². The second-order valence-electron chi connectivity index (χ2n) is 13.0. The Morgan fingerprint density at radius 1 is 1.24 bits per heavy atom. The summed E-state index contributed by atoms with van der Waals surface area (Å²) in [6.07, 6.45) is 6.27. The van der Waals surface area contributed by atoms with Crippen molar-refractivity contribution in [3.8, 4) is 5.75 Å². The molecule has 5 aliphatic rings. The van der Waals surface area contributed by atoms with Gasteiger partial charge in [-0.15, -0.1) is 0 Å². The average molecular weight is 586 g/mol. The van der Waals surface area contributed by atoms with Crippen molar-refractivity contribution < 1.29 is 18.7 Å². The largest absolute Gasteiger partial charge is 0.483 e. The number of ether oxygens (including phenoxy) is 2. The first-order valence-electron chi connectivity index (χ1n) is 15.6. The van der Waals surface area contributed by atoms with Crippen LogP contribution in [0.1, 0.15) is 32.1 Å². The Hall–Kier alpha value is -2.28. The van der Waals surface area contributed by atoms with Crippen molar-refractivity contribution in [3.63, 3.8) is 0 Å². The number of anilines is 1. The number of benzene rings is 1. The Balaban J connectivity index is 1.22. The van der Waals surface area contributed by atoms with E-state index in [0.29, 0.717) is 43.1 Å². The molecule has 42 heavy (non-hydrogen) atoms. The lowest BCUT2D eigenvalue weighted by Crippen LogP contribution is -2.74. The zero-order chi connectivity index (χ0) is 29.4. The smallest absolute Gasteiger partial charge is 0.246 e. The minimum absolute atomic E-state index is 0.0113. The van der Waals surface area contributed by atoms with Crippen LogP contribution >= 0.6 is 0 Å². The highest BCUT2D eigenvalue weighted by Crippen LogP contribution is 2.46. The summed E-state index contributed by atoms with van der Waals surface area (Å²) in [5, 5.41) is 10.9. The molecule has 1 aromatic carbocycles. The molecule has 232 valence electrons. The summed E-state index contributed by atoms with van der Waals surface area (Å²) in [4.78, 5) is 21.5. The molecule has 7 atom stereocenters. The number of nitrogens with zero attached hydrogens (tertiary/aromatic N) is 4. The lowest BCUT2D eigenvalue weighted by Gasteiger charge is -2.56. The predicted octanol–water partition coefficient (Wildman–Crippen LogP) is 1.39. The lowest BCUT2D eigenvalue weighted by atomic mass is 9.72. The molecule has 0 radical (unpaired) electrons. The zero-order valence-electron chi connectivity index (χ0n) is 25.4. The number of piperazine rings is 1. The number of carbonyl (C=O) groups is 1. The third-order valence-electron chi connectivity index (χ3n) is 10.3. The summed E-state index contributed by atoms with van der Waals surface area (Å²) in [7, 11) is 6.08. The fourth-order valence-corrected chi connectivity index (χ4v) is 8.15. The Morgan fingerprint density at radius 3 is 2.86 bits per heavy atom. The van der Waals surface area contributed by atoms with Gasteiger partial charge in [0.2, 0.25) is 5.91 Å². The molecule has 10 nitrogen and oxygen atoms in total. The highest BCUT2D eigenvalue weighted by molar-refractivity contribution is 5.87. The summed E-state index contributed by atoms with van der Waals surface area (Å²) >= 11 is 0. The van der Waals surface area contributed by atoms with Gasteiger partial charge in [-0.3, -0.25) is 20.3 Å². The molecule has 0 bridgehead atoms. The van der Waals surface area contributed by atoms with E-state index < -0.39 is 5.60 Å². The van der Waals surface area contributed by atoms with E-state index in [0.717, 1.165) is 51.9 Å². The van der Waals surface area contributed by atoms with Gasteiger partial charge in [0.25, 0.3) is 0 Å². The third-order valence-corrected chi connectivity index (χ3v) is 10.3. The van der Waals surface area contributed by atoms with Crippen LogP contribution in [0.4, 0.5) is 10.1 Å². The van der Waals surface area contributed by atoms with Crippen molar-refractivity contribution in [1.82, 2.24) is 30.7 Å². The Morgan fingerprint density at radius 2 is 2.10 bits per heavy atom. The molecule has 6 rings (SSSR count). The predicted molar refractivity (Wildman–Crippen MR) is 161 cm³/mol. The number of carbonyl (C=O) groups excluding carboxylic acids is 1. The van der Waals surface area contributed by atoms with Crippen molar-refractivity contribution in [2.24, 2.45) is 5.92 Å². The summed E-state index contributed by atoms with van der Waals surface area (Å²) in [5.74, 6) is 0.712. The number of halogens is 1. The van der Waals surface area contributed by atoms with Crippen molar-refractivity contribution in [2.45, 2.75) is 68.3 Å². The van der Waals surface area contributed by atoms with Crippen LogP contribution in [0.2, 0.25) is 0 Å². The van der Waals surface area contributed by atoms with Crippen molar-refractivity contribution in [1.29, 1.82) is 0 Å². The van der Waals surface area contributed by atoms with Crippen LogP contribution in [0, 0.1) is 11.7 Å². The number of para-hydroxylation sites is 1. The standard InChI is InChI=1S/C31H48FN7O3/c1-5-27(40)39-15-14-38(18-22(39)17-33-2)29-23-11-12-31(20-37(4)28-24(32)9-6-10-26(28)42-31)16-25(23)34-30(35-29)41-19-21-8-7-13-36(21)3/h5-6,9-10,21-23,25,29-30,33-35H,1,7-8,11-20H2,2-4H3/t21?,22?,23?,25?,29?,30?,31-/m1/s1. The molecule has 11 heteroatoms. The SMILES string of the molecule is C=CC(=O)N1CCN(C2NC(OCC3CCCN3C)NC3C[C@]4(CCC32)CN(C)c2c(F)cccc2O4)CC1CNC. The van der Waals surface area contributed by atoms with Crippen LogP contribution in [-0.4, -0.2) is 124 Å². The van der Waals surface area contributed by atoms with E-state index in [-0.39, 0.29) is 36.3 Å². The molecule has 1 saturated carbocycles. The minimum atomic E-state index is -0.397. The number of rotatable bonds is 7. The first-order valence-corrected chi connectivity index (χ1v) is 15.6. The minimum Gasteiger partial charge on any atom is -0.483 e. The Bertz CT molecular complexity index is 1140. The lowest BCUT2D eigenvalue weighted by molar-refractivity contribution is -0.139. The zero-order valence-corrected chi connectivity index (χ0v) is 25.4. The fourth-order valence-electron chi connectivity index (χ4n) is 8.15. The van der Waals surface area contributed by atoms with Gasteiger partial charge >= 0.3 is 0 Å². The van der Waals surface area contributed by atoms with E-state index in [2.05, 4.69) is 39.4 Å². The van der Waals surface area contributed by atoms with Gasteiger partial charge in [-0.2, -0.15) is 0 Å².